The lowest BCUT2D eigenvalue weighted by Crippen LogP contribution is -2.26. The van der Waals surface area contributed by atoms with E-state index in [0.29, 0.717) is 32.4 Å². The molecule has 0 radical (unpaired) electrons. The van der Waals surface area contributed by atoms with Crippen molar-refractivity contribution in [2.75, 3.05) is 30.2 Å². The highest BCUT2D eigenvalue weighted by Crippen LogP contribution is 2.49. The summed E-state index contributed by atoms with van der Waals surface area (Å²) in [5.41, 5.74) is 1.64. The Morgan fingerprint density at radius 2 is 1.77 bits per heavy atom. The maximum absolute atomic E-state index is 13.0. The number of aliphatic hydroxyl groups is 1. The molecule has 2 aromatic heterocycles. The number of benzene rings is 1. The summed E-state index contributed by atoms with van der Waals surface area (Å²) in [6, 6.07) is 9.98. The lowest BCUT2D eigenvalue weighted by atomic mass is 10.0. The number of anilines is 2. The SMILES string of the molecule is CCOP(=O)(Nc1nc2nc(S[C@@H](C)c3ccccc3)nc(NC(CO)CC(C)C)c2s1)OCC. The third kappa shape index (κ3) is 7.87. The van der Waals surface area contributed by atoms with Crippen LogP contribution in [0.4, 0.5) is 10.9 Å². The van der Waals surface area contributed by atoms with Gasteiger partial charge in [-0.3, -0.25) is 14.1 Å². The van der Waals surface area contributed by atoms with Crippen molar-refractivity contribution in [3.8, 4) is 0 Å². The van der Waals surface area contributed by atoms with Gasteiger partial charge in [0.1, 0.15) is 4.70 Å². The van der Waals surface area contributed by atoms with Crippen molar-refractivity contribution < 1.29 is 18.7 Å². The molecule has 1 unspecified atom stereocenters. The molecule has 35 heavy (non-hydrogen) atoms. The van der Waals surface area contributed by atoms with Gasteiger partial charge in [0.15, 0.2) is 21.8 Å². The second-order valence-electron chi connectivity index (χ2n) is 8.30. The number of nitrogens with zero attached hydrogens (tertiary/aromatic N) is 3. The van der Waals surface area contributed by atoms with Crippen LogP contribution < -0.4 is 10.4 Å². The molecule has 2 atom stereocenters. The lowest BCUT2D eigenvalue weighted by molar-refractivity contribution is 0.225. The highest BCUT2D eigenvalue weighted by atomic mass is 32.2. The maximum Gasteiger partial charge on any atom is 0.434 e. The third-order valence-electron chi connectivity index (χ3n) is 4.93. The summed E-state index contributed by atoms with van der Waals surface area (Å²) in [4.78, 5) is 14.0. The zero-order valence-electron chi connectivity index (χ0n) is 20.7. The molecule has 0 saturated carbocycles. The average molecular weight is 540 g/mol. The van der Waals surface area contributed by atoms with E-state index in [0.717, 1.165) is 6.42 Å². The predicted molar refractivity (Wildman–Crippen MR) is 144 cm³/mol. The minimum absolute atomic E-state index is 0.0274. The average Bonchev–Trinajstić information content (AvgIpc) is 3.21. The smallest absolute Gasteiger partial charge is 0.394 e. The van der Waals surface area contributed by atoms with Gasteiger partial charge in [-0.05, 0) is 38.7 Å². The molecule has 192 valence electrons. The quantitative estimate of drug-likeness (QED) is 0.121. The molecule has 1 aromatic carbocycles. The molecule has 0 saturated heterocycles. The number of fused-ring (bicyclic) bond motifs is 1. The van der Waals surface area contributed by atoms with E-state index < -0.39 is 7.75 Å². The first-order valence-corrected chi connectivity index (χ1v) is 15.0. The molecule has 2 heterocycles. The second kappa shape index (κ2) is 13.0. The Kier molecular flexibility index (Phi) is 10.3. The van der Waals surface area contributed by atoms with E-state index in [1.165, 1.54) is 28.7 Å². The number of hydrogen-bond acceptors (Lipinski definition) is 10. The summed E-state index contributed by atoms with van der Waals surface area (Å²) in [6.07, 6.45) is 0.776. The summed E-state index contributed by atoms with van der Waals surface area (Å²) in [5, 5.41) is 17.2. The van der Waals surface area contributed by atoms with Crippen LogP contribution in [0.5, 0.6) is 0 Å². The van der Waals surface area contributed by atoms with E-state index in [4.69, 9.17) is 14.0 Å². The number of aliphatic hydroxyl groups excluding tert-OH is 1. The van der Waals surface area contributed by atoms with Crippen molar-refractivity contribution in [1.82, 2.24) is 15.0 Å². The fourth-order valence-electron chi connectivity index (χ4n) is 3.45. The van der Waals surface area contributed by atoms with Gasteiger partial charge in [-0.1, -0.05) is 67.3 Å². The van der Waals surface area contributed by atoms with Gasteiger partial charge in [0.25, 0.3) is 0 Å². The van der Waals surface area contributed by atoms with Gasteiger partial charge < -0.3 is 10.4 Å². The highest BCUT2D eigenvalue weighted by molar-refractivity contribution is 7.99. The van der Waals surface area contributed by atoms with E-state index in [2.05, 4.69) is 53.3 Å². The van der Waals surface area contributed by atoms with Gasteiger partial charge in [0.2, 0.25) is 0 Å². The molecule has 3 N–H and O–H groups in total. The lowest BCUT2D eigenvalue weighted by Gasteiger charge is -2.19. The first-order valence-electron chi connectivity index (χ1n) is 11.7. The van der Waals surface area contributed by atoms with Crippen LogP contribution in [0.2, 0.25) is 0 Å². The van der Waals surface area contributed by atoms with Crippen molar-refractivity contribution in [2.24, 2.45) is 5.92 Å². The Morgan fingerprint density at radius 3 is 2.37 bits per heavy atom. The second-order valence-corrected chi connectivity index (χ2v) is 12.3. The molecule has 3 rings (SSSR count). The van der Waals surface area contributed by atoms with E-state index in [-0.39, 0.29) is 31.1 Å². The first kappa shape index (κ1) is 27.8. The Bertz CT molecular complexity index is 1120. The van der Waals surface area contributed by atoms with Gasteiger partial charge >= 0.3 is 7.75 Å². The summed E-state index contributed by atoms with van der Waals surface area (Å²) < 4.78 is 24.4. The number of hydrogen-bond donors (Lipinski definition) is 3. The molecule has 0 amide bonds. The third-order valence-corrected chi connectivity index (χ3v) is 8.75. The fourth-order valence-corrected chi connectivity index (χ4v) is 6.74. The van der Waals surface area contributed by atoms with Gasteiger partial charge in [-0.15, -0.1) is 0 Å². The van der Waals surface area contributed by atoms with Crippen molar-refractivity contribution in [2.45, 2.75) is 57.5 Å². The largest absolute Gasteiger partial charge is 0.434 e. The van der Waals surface area contributed by atoms with Crippen molar-refractivity contribution in [3.05, 3.63) is 35.9 Å². The van der Waals surface area contributed by atoms with Crippen LogP contribution in [0.3, 0.4) is 0 Å². The van der Waals surface area contributed by atoms with Crippen LogP contribution in [-0.2, 0) is 13.6 Å². The van der Waals surface area contributed by atoms with Crippen LogP contribution >= 0.6 is 30.8 Å². The number of nitrogens with one attached hydrogen (secondary N) is 2. The molecule has 0 fully saturated rings. The predicted octanol–water partition coefficient (Wildman–Crippen LogP) is 6.35. The number of rotatable bonds is 14. The minimum atomic E-state index is -3.55. The van der Waals surface area contributed by atoms with Gasteiger partial charge in [0.05, 0.1) is 25.9 Å². The van der Waals surface area contributed by atoms with Crippen molar-refractivity contribution in [3.63, 3.8) is 0 Å². The maximum atomic E-state index is 13.0. The molecule has 12 heteroatoms. The molecule has 0 aliphatic heterocycles. The molecular formula is C23H34N5O4PS2. The Balaban J connectivity index is 1.98. The molecule has 0 spiro atoms. The molecule has 0 bridgehead atoms. The molecule has 0 aliphatic carbocycles. The Labute approximate surface area is 215 Å². The monoisotopic (exact) mass is 539 g/mol. The number of aromatic nitrogens is 3. The van der Waals surface area contributed by atoms with Gasteiger partial charge in [-0.2, -0.15) is 4.98 Å². The summed E-state index contributed by atoms with van der Waals surface area (Å²) in [6.45, 7) is 10.2. The zero-order valence-corrected chi connectivity index (χ0v) is 23.3. The van der Waals surface area contributed by atoms with Crippen LogP contribution in [0.1, 0.15) is 51.9 Å². The normalized spacial score (nSPS) is 13.8. The van der Waals surface area contributed by atoms with Crippen LogP contribution in [0.25, 0.3) is 10.3 Å². The van der Waals surface area contributed by atoms with Gasteiger partial charge in [-0.25, -0.2) is 14.5 Å². The number of thiazole rings is 1. The van der Waals surface area contributed by atoms with Crippen LogP contribution in [0, 0.1) is 5.92 Å². The Morgan fingerprint density at radius 1 is 1.09 bits per heavy atom. The Hall–Kier alpha value is -1.75. The van der Waals surface area contributed by atoms with Crippen LogP contribution in [-0.4, -0.2) is 45.9 Å². The van der Waals surface area contributed by atoms with E-state index in [1.54, 1.807) is 13.8 Å². The fraction of sp³-hybridized carbons (Fsp3) is 0.522. The first-order chi connectivity index (χ1) is 16.8. The van der Waals surface area contributed by atoms with E-state index >= 15 is 0 Å². The summed E-state index contributed by atoms with van der Waals surface area (Å²) in [5.74, 6) is 0.983. The topological polar surface area (TPSA) is 118 Å². The van der Waals surface area contributed by atoms with E-state index in [9.17, 15) is 9.67 Å². The standard InChI is InChI=1S/C23H34N5O4PS2/c1-6-31-33(30,32-7-2)28-23-27-21-19(35-23)20(24-18(14-29)13-15(3)4)25-22(26-21)34-16(5)17-11-9-8-10-12-17/h8-12,15-16,18,29H,6-7,13-14H2,1-5H3,(H2,24,25,26,27,28,30)/t16-,18?/m0/s1. The van der Waals surface area contributed by atoms with Crippen LogP contribution in [0.15, 0.2) is 35.5 Å². The molecule has 9 nitrogen and oxygen atoms in total. The van der Waals surface area contributed by atoms with Crippen molar-refractivity contribution >= 4 is 52.1 Å². The molecular weight excluding hydrogens is 505 g/mol. The number of thioether (sulfide) groups is 1. The van der Waals surface area contributed by atoms with Crippen molar-refractivity contribution in [1.29, 1.82) is 0 Å². The highest BCUT2D eigenvalue weighted by Gasteiger charge is 2.27. The molecule has 0 aliphatic rings. The van der Waals surface area contributed by atoms with E-state index in [1.807, 2.05) is 18.2 Å². The summed E-state index contributed by atoms with van der Waals surface area (Å²) in [7, 11) is -3.55. The van der Waals surface area contributed by atoms with Gasteiger partial charge in [0, 0.05) is 5.25 Å². The molecule has 3 aromatic rings. The zero-order chi connectivity index (χ0) is 25.4. The minimum Gasteiger partial charge on any atom is -0.394 e. The summed E-state index contributed by atoms with van der Waals surface area (Å²) >= 11 is 2.79.